The van der Waals surface area contributed by atoms with Crippen molar-refractivity contribution in [3.05, 3.63) is 52.9 Å². The predicted molar refractivity (Wildman–Crippen MR) is 69.0 cm³/mol. The Balaban J connectivity index is 2.41. The zero-order chi connectivity index (χ0) is 11.2. The minimum absolute atomic E-state index is 0.165. The number of allylic oxidation sites excluding steroid dienone is 4. The lowest BCUT2D eigenvalue weighted by atomic mass is 9.73. The molecule has 0 radical (unpaired) electrons. The molecule has 2 N–H and O–H groups in total. The maximum absolute atomic E-state index is 5.82. The van der Waals surface area contributed by atoms with Crippen molar-refractivity contribution in [2.24, 2.45) is 5.41 Å². The molecule has 0 fully saturated rings. The Labute approximate surface area is 95.3 Å². The second kappa shape index (κ2) is 3.11. The van der Waals surface area contributed by atoms with E-state index in [1.54, 1.807) is 0 Å². The van der Waals surface area contributed by atoms with Crippen LogP contribution in [0.4, 0.5) is 5.69 Å². The molecule has 0 bridgehead atoms. The lowest BCUT2D eigenvalue weighted by molar-refractivity contribution is 0.590. The van der Waals surface area contributed by atoms with E-state index in [2.05, 4.69) is 49.4 Å². The van der Waals surface area contributed by atoms with E-state index in [9.17, 15) is 0 Å². The van der Waals surface area contributed by atoms with Crippen LogP contribution >= 0.6 is 0 Å². The Bertz CT molecular complexity index is 619. The van der Waals surface area contributed by atoms with Gasteiger partial charge in [-0.05, 0) is 34.6 Å². The molecule has 2 aliphatic rings. The first kappa shape index (κ1) is 9.46. The van der Waals surface area contributed by atoms with E-state index in [1.165, 1.54) is 16.0 Å². The lowest BCUT2D eigenvalue weighted by Crippen LogP contribution is -2.36. The van der Waals surface area contributed by atoms with Crippen LogP contribution in [-0.2, 0) is 0 Å². The van der Waals surface area contributed by atoms with Crippen molar-refractivity contribution in [1.29, 1.82) is 0 Å². The van der Waals surface area contributed by atoms with Gasteiger partial charge in [-0.1, -0.05) is 43.4 Å². The van der Waals surface area contributed by atoms with Crippen molar-refractivity contribution in [2.75, 3.05) is 5.73 Å². The van der Waals surface area contributed by atoms with Gasteiger partial charge in [-0.25, -0.2) is 0 Å². The molecule has 1 unspecified atom stereocenters. The highest BCUT2D eigenvalue weighted by Gasteiger charge is 2.27. The standard InChI is InChI=1S/C15H15N/c1-15-8-3-2-4-14(15)13-6-5-12(16)10-11(13)7-9-15/h2-8,10H,9,16H2,1H3. The van der Waals surface area contributed by atoms with Crippen LogP contribution < -0.4 is 16.2 Å². The molecular weight excluding hydrogens is 194 g/mol. The Hall–Kier alpha value is -1.76. The zero-order valence-corrected chi connectivity index (χ0v) is 9.40. The Morgan fingerprint density at radius 2 is 2.12 bits per heavy atom. The third-order valence-electron chi connectivity index (χ3n) is 3.57. The topological polar surface area (TPSA) is 26.0 Å². The molecule has 0 spiro atoms. The third kappa shape index (κ3) is 1.25. The van der Waals surface area contributed by atoms with Gasteiger partial charge in [0.15, 0.2) is 0 Å². The van der Waals surface area contributed by atoms with E-state index < -0.39 is 0 Å². The molecule has 3 rings (SSSR count). The van der Waals surface area contributed by atoms with Crippen molar-refractivity contribution in [3.8, 4) is 0 Å². The maximum atomic E-state index is 5.82. The summed E-state index contributed by atoms with van der Waals surface area (Å²) in [5.41, 5.74) is 8.24. The number of rotatable bonds is 0. The van der Waals surface area contributed by atoms with Crippen molar-refractivity contribution < 1.29 is 0 Å². The molecule has 0 saturated carbocycles. The summed E-state index contributed by atoms with van der Waals surface area (Å²) >= 11 is 0. The van der Waals surface area contributed by atoms with Gasteiger partial charge in [0.1, 0.15) is 0 Å². The Morgan fingerprint density at radius 1 is 1.25 bits per heavy atom. The average Bonchev–Trinajstić information content (AvgIpc) is 2.28. The summed E-state index contributed by atoms with van der Waals surface area (Å²) in [7, 11) is 0. The van der Waals surface area contributed by atoms with Gasteiger partial charge in [-0.15, -0.1) is 0 Å². The lowest BCUT2D eigenvalue weighted by Gasteiger charge is -2.31. The van der Waals surface area contributed by atoms with Gasteiger partial charge >= 0.3 is 0 Å². The summed E-state index contributed by atoms with van der Waals surface area (Å²) in [5.74, 6) is 0. The fourth-order valence-electron chi connectivity index (χ4n) is 2.59. The first-order chi connectivity index (χ1) is 7.69. The molecule has 80 valence electrons. The highest BCUT2D eigenvalue weighted by atomic mass is 14.5. The maximum Gasteiger partial charge on any atom is 0.0320 e. The van der Waals surface area contributed by atoms with E-state index in [-0.39, 0.29) is 5.41 Å². The second-order valence-corrected chi connectivity index (χ2v) is 4.80. The highest BCUT2D eigenvalue weighted by molar-refractivity contribution is 5.71. The quantitative estimate of drug-likeness (QED) is 0.647. The minimum atomic E-state index is 0.165. The highest BCUT2D eigenvalue weighted by Crippen LogP contribution is 2.37. The molecule has 0 aromatic heterocycles. The number of hydrogen-bond donors (Lipinski definition) is 1. The number of hydrogen-bond acceptors (Lipinski definition) is 1. The molecule has 1 heteroatoms. The van der Waals surface area contributed by atoms with Gasteiger partial charge in [0.25, 0.3) is 0 Å². The van der Waals surface area contributed by atoms with Gasteiger partial charge in [0.2, 0.25) is 0 Å². The van der Waals surface area contributed by atoms with E-state index >= 15 is 0 Å². The fourth-order valence-corrected chi connectivity index (χ4v) is 2.59. The van der Waals surface area contributed by atoms with E-state index in [0.29, 0.717) is 0 Å². The zero-order valence-electron chi connectivity index (χ0n) is 9.40. The molecule has 2 aliphatic carbocycles. The van der Waals surface area contributed by atoms with Crippen LogP contribution in [0.2, 0.25) is 0 Å². The first-order valence-corrected chi connectivity index (χ1v) is 5.65. The molecular formula is C15H15N. The molecule has 16 heavy (non-hydrogen) atoms. The monoisotopic (exact) mass is 209 g/mol. The largest absolute Gasteiger partial charge is 0.399 e. The van der Waals surface area contributed by atoms with Crippen LogP contribution in [0.1, 0.15) is 13.3 Å². The number of benzene rings is 1. The van der Waals surface area contributed by atoms with Crippen LogP contribution in [0.5, 0.6) is 0 Å². The smallest absolute Gasteiger partial charge is 0.0320 e. The van der Waals surface area contributed by atoms with Gasteiger partial charge in [0.05, 0.1) is 0 Å². The summed E-state index contributed by atoms with van der Waals surface area (Å²) in [6.07, 6.45) is 12.1. The van der Waals surface area contributed by atoms with Crippen molar-refractivity contribution >= 4 is 17.3 Å². The molecule has 0 heterocycles. The average molecular weight is 209 g/mol. The van der Waals surface area contributed by atoms with E-state index in [1.807, 2.05) is 6.07 Å². The van der Waals surface area contributed by atoms with E-state index in [4.69, 9.17) is 5.73 Å². The van der Waals surface area contributed by atoms with Crippen LogP contribution in [-0.4, -0.2) is 0 Å². The van der Waals surface area contributed by atoms with Crippen molar-refractivity contribution in [3.63, 3.8) is 0 Å². The molecule has 1 atom stereocenters. The summed E-state index contributed by atoms with van der Waals surface area (Å²) in [5, 5.41) is 2.59. The van der Waals surface area contributed by atoms with Crippen molar-refractivity contribution in [2.45, 2.75) is 13.3 Å². The number of nitrogens with two attached hydrogens (primary N) is 1. The molecule has 0 aliphatic heterocycles. The van der Waals surface area contributed by atoms with Crippen LogP contribution in [0.3, 0.4) is 0 Å². The molecule has 0 amide bonds. The molecule has 1 aromatic rings. The van der Waals surface area contributed by atoms with Gasteiger partial charge in [-0.2, -0.15) is 0 Å². The SMILES string of the molecule is CC12C=CC=CC1=c1ccc(N)cc1=CC2. The number of anilines is 1. The van der Waals surface area contributed by atoms with Gasteiger partial charge in [-0.3, -0.25) is 0 Å². The fraction of sp³-hybridized carbons (Fsp3) is 0.200. The molecule has 1 nitrogen and oxygen atoms in total. The summed E-state index contributed by atoms with van der Waals surface area (Å²) < 4.78 is 0. The predicted octanol–water partition coefficient (Wildman–Crippen LogP) is 1.74. The Morgan fingerprint density at radius 3 is 3.00 bits per heavy atom. The first-order valence-electron chi connectivity index (χ1n) is 5.65. The van der Waals surface area contributed by atoms with Gasteiger partial charge < -0.3 is 5.73 Å². The second-order valence-electron chi connectivity index (χ2n) is 4.80. The molecule has 1 aromatic carbocycles. The van der Waals surface area contributed by atoms with E-state index in [0.717, 1.165) is 12.1 Å². The van der Waals surface area contributed by atoms with Crippen LogP contribution in [0, 0.1) is 5.41 Å². The summed E-state index contributed by atoms with van der Waals surface area (Å²) in [6, 6.07) is 6.18. The summed E-state index contributed by atoms with van der Waals surface area (Å²) in [6.45, 7) is 2.29. The summed E-state index contributed by atoms with van der Waals surface area (Å²) in [4.78, 5) is 0. The number of fused-ring (bicyclic) bond motifs is 2. The van der Waals surface area contributed by atoms with Crippen LogP contribution in [0.25, 0.3) is 11.6 Å². The molecule has 0 saturated heterocycles. The van der Waals surface area contributed by atoms with Gasteiger partial charge in [0, 0.05) is 11.1 Å². The minimum Gasteiger partial charge on any atom is -0.399 e. The normalized spacial score (nSPS) is 25.9. The van der Waals surface area contributed by atoms with Crippen LogP contribution in [0.15, 0.2) is 42.5 Å². The number of nitrogen functional groups attached to an aromatic ring is 1. The Kier molecular flexibility index (Phi) is 1.84. The van der Waals surface area contributed by atoms with Crippen molar-refractivity contribution in [1.82, 2.24) is 0 Å². The third-order valence-corrected chi connectivity index (χ3v) is 3.57.